The van der Waals surface area contributed by atoms with E-state index in [0.717, 1.165) is 28.6 Å². The number of sulfonamides is 1. The first-order valence-electron chi connectivity index (χ1n) is 9.49. The Balaban J connectivity index is 1.59. The molecule has 3 aromatic carbocycles. The van der Waals surface area contributed by atoms with Crippen LogP contribution in [0.2, 0.25) is 0 Å². The molecule has 0 unspecified atom stereocenters. The Kier molecular flexibility index (Phi) is 7.18. The van der Waals surface area contributed by atoms with Crippen LogP contribution < -0.4 is 16.0 Å². The number of halogens is 1. The number of hydrogen-bond donors (Lipinski definition) is 3. The lowest BCUT2D eigenvalue weighted by Gasteiger charge is -2.17. The highest BCUT2D eigenvalue weighted by molar-refractivity contribution is 7.89. The average molecular weight is 456 g/mol. The van der Waals surface area contributed by atoms with E-state index in [-0.39, 0.29) is 4.90 Å². The van der Waals surface area contributed by atoms with E-state index in [1.54, 1.807) is 42.5 Å². The molecule has 0 saturated heterocycles. The molecule has 10 heteroatoms. The summed E-state index contributed by atoms with van der Waals surface area (Å²) >= 11 is 0. The van der Waals surface area contributed by atoms with Crippen LogP contribution in [-0.2, 0) is 14.8 Å². The van der Waals surface area contributed by atoms with Crippen LogP contribution in [0.25, 0.3) is 0 Å². The standard InChI is InChI=1S/C22H21FN4O4S/c1-27(32(30,31)20-12-10-16(23)11-13-20)15-21(28)24-18-8-5-9-19(14-18)26-22(29)25-17-6-3-2-4-7-17/h2-14H,15H2,1H3,(H,24,28)(H2,25,26,29). The third-order valence-corrected chi connectivity index (χ3v) is 6.14. The van der Waals surface area contributed by atoms with Crippen LogP contribution in [0.3, 0.4) is 0 Å². The van der Waals surface area contributed by atoms with Crippen molar-refractivity contribution in [3.8, 4) is 0 Å². The Morgan fingerprint density at radius 3 is 2.03 bits per heavy atom. The lowest BCUT2D eigenvalue weighted by Crippen LogP contribution is -2.35. The summed E-state index contributed by atoms with van der Waals surface area (Å²) in [6, 6.07) is 19.2. The van der Waals surface area contributed by atoms with Crippen molar-refractivity contribution in [1.29, 1.82) is 0 Å². The second-order valence-corrected chi connectivity index (χ2v) is 8.83. The molecule has 3 amide bonds. The molecule has 0 aliphatic carbocycles. The number of nitrogens with zero attached hydrogens (tertiary/aromatic N) is 1. The molecular weight excluding hydrogens is 435 g/mol. The highest BCUT2D eigenvalue weighted by Crippen LogP contribution is 2.17. The van der Waals surface area contributed by atoms with Gasteiger partial charge in [-0.1, -0.05) is 24.3 Å². The van der Waals surface area contributed by atoms with E-state index in [0.29, 0.717) is 17.1 Å². The zero-order valence-corrected chi connectivity index (χ0v) is 17.9. The minimum Gasteiger partial charge on any atom is -0.325 e. The van der Waals surface area contributed by atoms with Gasteiger partial charge >= 0.3 is 6.03 Å². The van der Waals surface area contributed by atoms with Gasteiger partial charge in [0.1, 0.15) is 5.82 Å². The van der Waals surface area contributed by atoms with Gasteiger partial charge in [0.05, 0.1) is 11.4 Å². The number of hydrogen-bond acceptors (Lipinski definition) is 4. The van der Waals surface area contributed by atoms with Gasteiger partial charge in [0.2, 0.25) is 15.9 Å². The van der Waals surface area contributed by atoms with E-state index in [1.165, 1.54) is 13.1 Å². The van der Waals surface area contributed by atoms with Gasteiger partial charge in [0.15, 0.2) is 0 Å². The zero-order valence-electron chi connectivity index (χ0n) is 17.1. The van der Waals surface area contributed by atoms with E-state index in [2.05, 4.69) is 16.0 Å². The Hall–Kier alpha value is -3.76. The van der Waals surface area contributed by atoms with Gasteiger partial charge in [-0.25, -0.2) is 17.6 Å². The van der Waals surface area contributed by atoms with Crippen molar-refractivity contribution in [2.75, 3.05) is 29.5 Å². The molecule has 0 aromatic heterocycles. The quantitative estimate of drug-likeness (QED) is 0.503. The second-order valence-electron chi connectivity index (χ2n) is 6.79. The molecular formula is C22H21FN4O4S. The van der Waals surface area contributed by atoms with Gasteiger partial charge in [-0.2, -0.15) is 4.31 Å². The molecule has 0 spiro atoms. The number of nitrogens with one attached hydrogen (secondary N) is 3. The Bertz CT molecular complexity index is 1200. The lowest BCUT2D eigenvalue weighted by molar-refractivity contribution is -0.116. The van der Waals surface area contributed by atoms with Gasteiger partial charge in [-0.3, -0.25) is 4.79 Å². The molecule has 0 radical (unpaired) electrons. The molecule has 3 aromatic rings. The van der Waals surface area contributed by atoms with E-state index >= 15 is 0 Å². The van der Waals surface area contributed by atoms with Crippen LogP contribution in [0.15, 0.2) is 83.8 Å². The van der Waals surface area contributed by atoms with Crippen LogP contribution in [0.5, 0.6) is 0 Å². The van der Waals surface area contributed by atoms with Crippen molar-refractivity contribution < 1.29 is 22.4 Å². The summed E-state index contributed by atoms with van der Waals surface area (Å²) < 4.78 is 39.0. The fourth-order valence-corrected chi connectivity index (χ4v) is 3.89. The molecule has 0 saturated carbocycles. The molecule has 0 bridgehead atoms. The molecule has 3 N–H and O–H groups in total. The zero-order chi connectivity index (χ0) is 23.1. The number of carbonyl (C=O) groups excluding carboxylic acids is 2. The van der Waals surface area contributed by atoms with Crippen molar-refractivity contribution in [2.45, 2.75) is 4.90 Å². The lowest BCUT2D eigenvalue weighted by atomic mass is 10.2. The first-order chi connectivity index (χ1) is 15.2. The van der Waals surface area contributed by atoms with Gasteiger partial charge in [-0.05, 0) is 54.6 Å². The summed E-state index contributed by atoms with van der Waals surface area (Å²) in [5.41, 5.74) is 1.43. The Morgan fingerprint density at radius 1 is 0.812 bits per heavy atom. The number of likely N-dealkylation sites (N-methyl/N-ethyl adjacent to an activating group) is 1. The first kappa shape index (κ1) is 22.9. The van der Waals surface area contributed by atoms with Crippen LogP contribution in [-0.4, -0.2) is 38.3 Å². The maximum Gasteiger partial charge on any atom is 0.323 e. The third-order valence-electron chi connectivity index (χ3n) is 4.32. The van der Waals surface area contributed by atoms with Crippen LogP contribution in [0.1, 0.15) is 0 Å². The fourth-order valence-electron chi connectivity index (χ4n) is 2.76. The van der Waals surface area contributed by atoms with E-state index in [9.17, 15) is 22.4 Å². The van der Waals surface area contributed by atoms with Crippen molar-refractivity contribution in [3.63, 3.8) is 0 Å². The van der Waals surface area contributed by atoms with Crippen molar-refractivity contribution >= 4 is 39.0 Å². The maximum absolute atomic E-state index is 13.0. The molecule has 0 atom stereocenters. The predicted molar refractivity (Wildman–Crippen MR) is 120 cm³/mol. The summed E-state index contributed by atoms with van der Waals surface area (Å²) in [7, 11) is -2.70. The van der Waals surface area contributed by atoms with E-state index < -0.39 is 34.3 Å². The minimum atomic E-state index is -3.96. The molecule has 0 aliphatic rings. The minimum absolute atomic E-state index is 0.121. The smallest absolute Gasteiger partial charge is 0.323 e. The highest BCUT2D eigenvalue weighted by atomic mass is 32.2. The van der Waals surface area contributed by atoms with Crippen LogP contribution in [0.4, 0.5) is 26.2 Å². The van der Waals surface area contributed by atoms with Gasteiger partial charge in [-0.15, -0.1) is 0 Å². The second kappa shape index (κ2) is 10.0. The Morgan fingerprint density at radius 2 is 1.38 bits per heavy atom. The number of carbonyl (C=O) groups is 2. The van der Waals surface area contributed by atoms with Crippen LogP contribution in [0, 0.1) is 5.82 Å². The van der Waals surface area contributed by atoms with Crippen molar-refractivity contribution in [2.24, 2.45) is 0 Å². The number of anilines is 3. The fraction of sp³-hybridized carbons (Fsp3) is 0.0909. The molecule has 0 heterocycles. The third kappa shape index (κ3) is 6.13. The molecule has 0 aliphatic heterocycles. The van der Waals surface area contributed by atoms with Gasteiger partial charge in [0.25, 0.3) is 0 Å². The summed E-state index contributed by atoms with van der Waals surface area (Å²) in [4.78, 5) is 24.4. The summed E-state index contributed by atoms with van der Waals surface area (Å²) in [6.07, 6.45) is 0. The van der Waals surface area contributed by atoms with Crippen molar-refractivity contribution in [1.82, 2.24) is 4.31 Å². The Labute approximate surface area is 185 Å². The SMILES string of the molecule is CN(CC(=O)Nc1cccc(NC(=O)Nc2ccccc2)c1)S(=O)(=O)c1ccc(F)cc1. The topological polar surface area (TPSA) is 108 Å². The predicted octanol–water partition coefficient (Wildman–Crippen LogP) is 3.73. The van der Waals surface area contributed by atoms with Gasteiger partial charge in [0, 0.05) is 24.1 Å². The first-order valence-corrected chi connectivity index (χ1v) is 10.9. The van der Waals surface area contributed by atoms with Gasteiger partial charge < -0.3 is 16.0 Å². The summed E-state index contributed by atoms with van der Waals surface area (Å²) in [5.74, 6) is -1.14. The number of amides is 3. The summed E-state index contributed by atoms with van der Waals surface area (Å²) in [6.45, 7) is -0.453. The molecule has 32 heavy (non-hydrogen) atoms. The molecule has 166 valence electrons. The largest absolute Gasteiger partial charge is 0.325 e. The molecule has 0 fully saturated rings. The normalized spacial score (nSPS) is 11.1. The van der Waals surface area contributed by atoms with Crippen LogP contribution >= 0.6 is 0 Å². The molecule has 3 rings (SSSR count). The molecule has 8 nitrogen and oxygen atoms in total. The number of para-hydroxylation sites is 1. The number of urea groups is 1. The van der Waals surface area contributed by atoms with E-state index in [1.807, 2.05) is 6.07 Å². The maximum atomic E-state index is 13.0. The van der Waals surface area contributed by atoms with Crippen molar-refractivity contribution in [3.05, 3.63) is 84.7 Å². The number of benzene rings is 3. The summed E-state index contributed by atoms with van der Waals surface area (Å²) in [5, 5.41) is 7.93. The number of rotatable bonds is 7. The monoisotopic (exact) mass is 456 g/mol. The van der Waals surface area contributed by atoms with E-state index in [4.69, 9.17) is 0 Å². The average Bonchev–Trinajstić information content (AvgIpc) is 2.74. The highest BCUT2D eigenvalue weighted by Gasteiger charge is 2.23.